The summed E-state index contributed by atoms with van der Waals surface area (Å²) in [5.74, 6) is 1.80. The van der Waals surface area contributed by atoms with E-state index < -0.39 is 0 Å². The van der Waals surface area contributed by atoms with E-state index in [-0.39, 0.29) is 0 Å². The molecule has 0 bridgehead atoms. The summed E-state index contributed by atoms with van der Waals surface area (Å²) in [6.45, 7) is 0.490. The molecule has 0 saturated heterocycles. The van der Waals surface area contributed by atoms with Gasteiger partial charge in [-0.05, 0) is 42.0 Å². The van der Waals surface area contributed by atoms with Crippen molar-refractivity contribution in [3.05, 3.63) is 66.1 Å². The fourth-order valence-corrected chi connectivity index (χ4v) is 3.16. The molecule has 4 rings (SSSR count). The van der Waals surface area contributed by atoms with E-state index in [1.165, 1.54) is 0 Å². The third kappa shape index (κ3) is 3.47. The van der Waals surface area contributed by atoms with Crippen molar-refractivity contribution in [2.24, 2.45) is 5.73 Å². The van der Waals surface area contributed by atoms with Gasteiger partial charge in [0.1, 0.15) is 22.7 Å². The Kier molecular flexibility index (Phi) is 4.82. The van der Waals surface area contributed by atoms with Gasteiger partial charge < -0.3 is 26.3 Å². The van der Waals surface area contributed by atoms with Crippen LogP contribution in [0.1, 0.15) is 11.3 Å². The largest absolute Gasteiger partial charge is 0.497 e. The Morgan fingerprint density at radius 2 is 1.90 bits per heavy atom. The molecule has 0 aliphatic rings. The molecule has 2 heterocycles. The van der Waals surface area contributed by atoms with E-state index in [4.69, 9.17) is 25.9 Å². The van der Waals surface area contributed by atoms with Crippen molar-refractivity contribution >= 4 is 28.2 Å². The SMILES string of the molecule is COc1ccc(/C(N)=C/NCc2cn3c(N)nc4c(OC)cccc4c3n2)cc1. The van der Waals surface area contributed by atoms with E-state index in [0.717, 1.165) is 28.0 Å². The van der Waals surface area contributed by atoms with Gasteiger partial charge in [0.2, 0.25) is 5.95 Å². The van der Waals surface area contributed by atoms with E-state index in [1.54, 1.807) is 24.8 Å². The Labute approximate surface area is 167 Å². The number of rotatable bonds is 6. The van der Waals surface area contributed by atoms with Gasteiger partial charge in [-0.25, -0.2) is 9.97 Å². The molecule has 4 aromatic rings. The number of nitrogens with two attached hydrogens (primary N) is 2. The van der Waals surface area contributed by atoms with Crippen LogP contribution in [0, 0.1) is 0 Å². The van der Waals surface area contributed by atoms with Crippen molar-refractivity contribution in [2.75, 3.05) is 20.0 Å². The molecule has 0 aliphatic heterocycles. The first-order valence-corrected chi connectivity index (χ1v) is 9.04. The van der Waals surface area contributed by atoms with E-state index in [1.807, 2.05) is 48.7 Å². The maximum absolute atomic E-state index is 6.14. The van der Waals surface area contributed by atoms with Gasteiger partial charge in [-0.3, -0.25) is 4.40 Å². The summed E-state index contributed by atoms with van der Waals surface area (Å²) < 4.78 is 12.3. The highest BCUT2D eigenvalue weighted by atomic mass is 16.5. The summed E-state index contributed by atoms with van der Waals surface area (Å²) in [6, 6.07) is 13.3. The molecule has 0 spiro atoms. The first-order valence-electron chi connectivity index (χ1n) is 9.04. The van der Waals surface area contributed by atoms with Crippen molar-refractivity contribution < 1.29 is 9.47 Å². The molecule has 2 aromatic carbocycles. The minimum absolute atomic E-state index is 0.351. The van der Waals surface area contributed by atoms with Crippen LogP contribution in [0.25, 0.3) is 22.2 Å². The second-order valence-electron chi connectivity index (χ2n) is 6.46. The Bertz CT molecular complexity index is 1200. The number of fused-ring (bicyclic) bond motifs is 3. The van der Waals surface area contributed by atoms with E-state index >= 15 is 0 Å². The molecule has 0 unspecified atom stereocenters. The average Bonchev–Trinajstić information content (AvgIpc) is 3.18. The van der Waals surface area contributed by atoms with Gasteiger partial charge in [0.15, 0.2) is 0 Å². The van der Waals surface area contributed by atoms with Crippen molar-refractivity contribution in [3.63, 3.8) is 0 Å². The lowest BCUT2D eigenvalue weighted by atomic mass is 10.1. The topological polar surface area (TPSA) is 113 Å². The van der Waals surface area contributed by atoms with Crippen LogP contribution in [-0.4, -0.2) is 28.6 Å². The second-order valence-corrected chi connectivity index (χ2v) is 6.46. The lowest BCUT2D eigenvalue weighted by Crippen LogP contribution is -2.09. The Balaban J connectivity index is 1.58. The van der Waals surface area contributed by atoms with Crippen molar-refractivity contribution in [1.82, 2.24) is 19.7 Å². The van der Waals surface area contributed by atoms with Gasteiger partial charge in [-0.1, -0.05) is 6.07 Å². The molecule has 8 nitrogen and oxygen atoms in total. The lowest BCUT2D eigenvalue weighted by Gasteiger charge is -2.07. The highest BCUT2D eigenvalue weighted by Crippen LogP contribution is 2.28. The summed E-state index contributed by atoms with van der Waals surface area (Å²) in [6.07, 6.45) is 3.62. The number of benzene rings is 2. The lowest BCUT2D eigenvalue weighted by molar-refractivity contribution is 0.415. The van der Waals surface area contributed by atoms with Gasteiger partial charge in [0.05, 0.1) is 32.2 Å². The van der Waals surface area contributed by atoms with Crippen molar-refractivity contribution in [2.45, 2.75) is 6.54 Å². The number of anilines is 1. The van der Waals surface area contributed by atoms with Crippen LogP contribution in [0.5, 0.6) is 11.5 Å². The summed E-state index contributed by atoms with van der Waals surface area (Å²) in [5, 5.41) is 4.07. The number of hydrogen-bond donors (Lipinski definition) is 3. The second kappa shape index (κ2) is 7.59. The zero-order valence-corrected chi connectivity index (χ0v) is 16.2. The Morgan fingerprint density at radius 1 is 1.10 bits per heavy atom. The average molecular weight is 390 g/mol. The molecule has 0 amide bonds. The van der Waals surface area contributed by atoms with Crippen LogP contribution in [-0.2, 0) is 6.54 Å². The maximum Gasteiger partial charge on any atom is 0.206 e. The fourth-order valence-electron chi connectivity index (χ4n) is 3.16. The molecule has 0 aliphatic carbocycles. The predicted molar refractivity (Wildman–Crippen MR) is 113 cm³/mol. The zero-order chi connectivity index (χ0) is 20.4. The zero-order valence-electron chi connectivity index (χ0n) is 16.2. The third-order valence-corrected chi connectivity index (χ3v) is 4.65. The monoisotopic (exact) mass is 390 g/mol. The number of methoxy groups -OCH3 is 2. The normalized spacial score (nSPS) is 11.7. The number of nitrogens with zero attached hydrogens (tertiary/aromatic N) is 3. The number of aromatic nitrogens is 3. The van der Waals surface area contributed by atoms with Gasteiger partial charge >= 0.3 is 0 Å². The van der Waals surface area contributed by atoms with Gasteiger partial charge in [-0.15, -0.1) is 0 Å². The van der Waals surface area contributed by atoms with E-state index in [0.29, 0.717) is 29.5 Å². The molecule has 29 heavy (non-hydrogen) atoms. The highest BCUT2D eigenvalue weighted by Gasteiger charge is 2.12. The molecule has 0 saturated carbocycles. The van der Waals surface area contributed by atoms with Gasteiger partial charge in [0, 0.05) is 17.8 Å². The third-order valence-electron chi connectivity index (χ3n) is 4.65. The number of para-hydroxylation sites is 1. The maximum atomic E-state index is 6.14. The van der Waals surface area contributed by atoms with E-state index in [9.17, 15) is 0 Å². The number of nitrogens with one attached hydrogen (secondary N) is 1. The van der Waals surface area contributed by atoms with Crippen LogP contribution in [0.4, 0.5) is 5.95 Å². The number of ether oxygens (including phenoxy) is 2. The Morgan fingerprint density at radius 3 is 2.62 bits per heavy atom. The van der Waals surface area contributed by atoms with Crippen molar-refractivity contribution in [3.8, 4) is 11.5 Å². The molecular weight excluding hydrogens is 368 g/mol. The summed E-state index contributed by atoms with van der Waals surface area (Å²) in [4.78, 5) is 9.17. The first kappa shape index (κ1) is 18.4. The first-order chi connectivity index (χ1) is 14.1. The van der Waals surface area contributed by atoms with Crippen LogP contribution in [0.15, 0.2) is 54.9 Å². The highest BCUT2D eigenvalue weighted by molar-refractivity contribution is 5.96. The predicted octanol–water partition coefficient (Wildman–Crippen LogP) is 2.53. The van der Waals surface area contributed by atoms with Gasteiger partial charge in [-0.2, -0.15) is 0 Å². The van der Waals surface area contributed by atoms with Gasteiger partial charge in [0.25, 0.3) is 0 Å². The number of hydrogen-bond acceptors (Lipinski definition) is 7. The fraction of sp³-hybridized carbons (Fsp3) is 0.143. The summed E-state index contributed by atoms with van der Waals surface area (Å²) in [7, 11) is 3.24. The summed E-state index contributed by atoms with van der Waals surface area (Å²) >= 11 is 0. The minimum atomic E-state index is 0.351. The molecule has 0 radical (unpaired) electrons. The van der Waals surface area contributed by atoms with Crippen LogP contribution < -0.4 is 26.3 Å². The van der Waals surface area contributed by atoms with E-state index in [2.05, 4.69) is 10.3 Å². The smallest absolute Gasteiger partial charge is 0.206 e. The molecule has 0 atom stereocenters. The van der Waals surface area contributed by atoms with Crippen molar-refractivity contribution in [1.29, 1.82) is 0 Å². The van der Waals surface area contributed by atoms with Crippen LogP contribution >= 0.6 is 0 Å². The number of nitrogen functional groups attached to an aromatic ring is 1. The molecule has 148 valence electrons. The molecule has 5 N–H and O–H groups in total. The van der Waals surface area contributed by atoms with Crippen LogP contribution in [0.3, 0.4) is 0 Å². The Hall–Kier alpha value is -3.94. The number of imidazole rings is 1. The molecule has 2 aromatic heterocycles. The molecule has 8 heteroatoms. The minimum Gasteiger partial charge on any atom is -0.497 e. The van der Waals surface area contributed by atoms with Crippen LogP contribution in [0.2, 0.25) is 0 Å². The molecular formula is C21H22N6O2. The quantitative estimate of drug-likeness (QED) is 0.464. The molecule has 0 fully saturated rings. The standard InChI is InChI=1S/C21H22N6O2/c1-28-15-8-6-13(7-9-15)17(22)11-24-10-14-12-27-20(25-14)16-4-3-5-18(29-2)19(16)26-21(27)23/h3-9,11-12,24H,10,22H2,1-2H3,(H2,23,26)/b17-11-. The summed E-state index contributed by atoms with van der Waals surface area (Å²) in [5.41, 5.74) is 16.0.